The van der Waals surface area contributed by atoms with Gasteiger partial charge < -0.3 is 14.8 Å². The molecule has 0 fully saturated rings. The first-order chi connectivity index (χ1) is 9.37. The minimum atomic E-state index is 0.182. The van der Waals surface area contributed by atoms with Gasteiger partial charge in [-0.05, 0) is 58.2 Å². The van der Waals surface area contributed by atoms with Gasteiger partial charge in [-0.3, -0.25) is 0 Å². The maximum absolute atomic E-state index is 6.27. The molecular formula is C16H26ClNO2. The molecule has 0 aliphatic carbocycles. The van der Waals surface area contributed by atoms with Crippen molar-refractivity contribution in [3.8, 4) is 11.5 Å². The van der Waals surface area contributed by atoms with Gasteiger partial charge in [0.05, 0.1) is 14.2 Å². The van der Waals surface area contributed by atoms with Crippen LogP contribution in [0.1, 0.15) is 39.2 Å². The van der Waals surface area contributed by atoms with E-state index in [0.29, 0.717) is 5.75 Å². The first-order valence-corrected chi connectivity index (χ1v) is 7.40. The minimum Gasteiger partial charge on any atom is -0.493 e. The van der Waals surface area contributed by atoms with Crippen LogP contribution in [0.25, 0.3) is 0 Å². The summed E-state index contributed by atoms with van der Waals surface area (Å²) in [6.07, 6.45) is 3.17. The molecule has 0 saturated heterocycles. The first-order valence-electron chi connectivity index (χ1n) is 7.03. The third kappa shape index (κ3) is 5.59. The van der Waals surface area contributed by atoms with Crippen LogP contribution in [0.4, 0.5) is 0 Å². The quantitative estimate of drug-likeness (QED) is 0.770. The highest BCUT2D eigenvalue weighted by molar-refractivity contribution is 6.31. The van der Waals surface area contributed by atoms with Gasteiger partial charge in [0.25, 0.3) is 0 Å². The van der Waals surface area contributed by atoms with E-state index >= 15 is 0 Å². The molecule has 1 aromatic rings. The molecule has 0 spiro atoms. The van der Waals surface area contributed by atoms with Gasteiger partial charge >= 0.3 is 0 Å². The summed E-state index contributed by atoms with van der Waals surface area (Å²) < 4.78 is 10.5. The van der Waals surface area contributed by atoms with Crippen molar-refractivity contribution in [2.24, 2.45) is 0 Å². The summed E-state index contributed by atoms with van der Waals surface area (Å²) in [5.41, 5.74) is 1.29. The molecule has 0 saturated carbocycles. The average molecular weight is 300 g/mol. The topological polar surface area (TPSA) is 30.5 Å². The SMILES string of the molecule is COc1cc(Cl)c(CCCCNC(C)(C)C)cc1OC. The van der Waals surface area contributed by atoms with Crippen LogP contribution in [0, 0.1) is 0 Å². The normalized spacial score (nSPS) is 11.5. The van der Waals surface area contributed by atoms with E-state index in [4.69, 9.17) is 21.1 Å². The number of ether oxygens (including phenoxy) is 2. The van der Waals surface area contributed by atoms with Crippen molar-refractivity contribution in [1.29, 1.82) is 0 Å². The Kier molecular flexibility index (Phi) is 6.63. The van der Waals surface area contributed by atoms with Gasteiger partial charge in [0, 0.05) is 16.6 Å². The Morgan fingerprint density at radius 2 is 1.65 bits per heavy atom. The van der Waals surface area contributed by atoms with Gasteiger partial charge in [0.1, 0.15) is 0 Å². The highest BCUT2D eigenvalue weighted by atomic mass is 35.5. The van der Waals surface area contributed by atoms with Crippen LogP contribution in [-0.4, -0.2) is 26.3 Å². The second-order valence-corrected chi connectivity index (χ2v) is 6.34. The average Bonchev–Trinajstić information content (AvgIpc) is 2.38. The molecule has 0 aromatic heterocycles. The summed E-state index contributed by atoms with van der Waals surface area (Å²) >= 11 is 6.27. The third-order valence-electron chi connectivity index (χ3n) is 3.08. The first kappa shape index (κ1) is 17.1. The van der Waals surface area contributed by atoms with Crippen LogP contribution in [0.3, 0.4) is 0 Å². The summed E-state index contributed by atoms with van der Waals surface area (Å²) in [5.74, 6) is 1.41. The van der Waals surface area contributed by atoms with Crippen molar-refractivity contribution in [1.82, 2.24) is 5.32 Å². The fourth-order valence-electron chi connectivity index (χ4n) is 1.99. The minimum absolute atomic E-state index is 0.182. The summed E-state index contributed by atoms with van der Waals surface area (Å²) in [6.45, 7) is 7.56. The second-order valence-electron chi connectivity index (χ2n) is 5.93. The molecule has 0 atom stereocenters. The molecule has 1 N–H and O–H groups in total. The molecule has 0 heterocycles. The monoisotopic (exact) mass is 299 g/mol. The number of benzene rings is 1. The second kappa shape index (κ2) is 7.75. The lowest BCUT2D eigenvalue weighted by Gasteiger charge is -2.20. The number of hydrogen-bond donors (Lipinski definition) is 1. The fraction of sp³-hybridized carbons (Fsp3) is 0.625. The van der Waals surface area contributed by atoms with Crippen molar-refractivity contribution < 1.29 is 9.47 Å². The molecule has 20 heavy (non-hydrogen) atoms. The Hall–Kier alpha value is -0.930. The van der Waals surface area contributed by atoms with Gasteiger partial charge in [-0.1, -0.05) is 11.6 Å². The Morgan fingerprint density at radius 1 is 1.05 bits per heavy atom. The highest BCUT2D eigenvalue weighted by Crippen LogP contribution is 2.33. The Balaban J connectivity index is 2.52. The van der Waals surface area contributed by atoms with Crippen LogP contribution in [0.2, 0.25) is 5.02 Å². The van der Waals surface area contributed by atoms with Crippen molar-refractivity contribution in [3.05, 3.63) is 22.7 Å². The summed E-state index contributed by atoms with van der Waals surface area (Å²) in [7, 11) is 3.26. The smallest absolute Gasteiger partial charge is 0.162 e. The molecule has 0 amide bonds. The van der Waals surface area contributed by atoms with Gasteiger partial charge in [-0.15, -0.1) is 0 Å². The van der Waals surface area contributed by atoms with Crippen LogP contribution < -0.4 is 14.8 Å². The zero-order valence-corrected chi connectivity index (χ0v) is 13.9. The molecule has 4 heteroatoms. The van der Waals surface area contributed by atoms with E-state index in [-0.39, 0.29) is 5.54 Å². The molecular weight excluding hydrogens is 274 g/mol. The van der Waals surface area contributed by atoms with E-state index in [1.807, 2.05) is 12.1 Å². The zero-order chi connectivity index (χ0) is 15.2. The molecule has 3 nitrogen and oxygen atoms in total. The lowest BCUT2D eigenvalue weighted by atomic mass is 10.1. The predicted octanol–water partition coefficient (Wildman–Crippen LogP) is 4.07. The van der Waals surface area contributed by atoms with Crippen LogP contribution >= 0.6 is 11.6 Å². The Labute approximate surface area is 127 Å². The van der Waals surface area contributed by atoms with Crippen molar-refractivity contribution in [3.63, 3.8) is 0 Å². The van der Waals surface area contributed by atoms with E-state index < -0.39 is 0 Å². The highest BCUT2D eigenvalue weighted by Gasteiger charge is 2.10. The van der Waals surface area contributed by atoms with Crippen LogP contribution in [-0.2, 0) is 6.42 Å². The summed E-state index contributed by atoms with van der Waals surface area (Å²) in [6, 6.07) is 3.79. The summed E-state index contributed by atoms with van der Waals surface area (Å²) in [5, 5.41) is 4.23. The van der Waals surface area contributed by atoms with Gasteiger partial charge in [-0.25, -0.2) is 0 Å². The van der Waals surface area contributed by atoms with Gasteiger partial charge in [0.2, 0.25) is 0 Å². The van der Waals surface area contributed by atoms with Crippen molar-refractivity contribution in [2.75, 3.05) is 20.8 Å². The number of methoxy groups -OCH3 is 2. The largest absolute Gasteiger partial charge is 0.493 e. The van der Waals surface area contributed by atoms with Crippen molar-refractivity contribution >= 4 is 11.6 Å². The number of rotatable bonds is 7. The zero-order valence-electron chi connectivity index (χ0n) is 13.2. The van der Waals surface area contributed by atoms with Gasteiger partial charge in [-0.2, -0.15) is 0 Å². The molecule has 0 aliphatic heterocycles. The molecule has 0 unspecified atom stereocenters. The lowest BCUT2D eigenvalue weighted by Crippen LogP contribution is -2.36. The van der Waals surface area contributed by atoms with Gasteiger partial charge in [0.15, 0.2) is 11.5 Å². The van der Waals surface area contributed by atoms with E-state index in [9.17, 15) is 0 Å². The van der Waals surface area contributed by atoms with E-state index in [2.05, 4.69) is 26.1 Å². The van der Waals surface area contributed by atoms with Crippen molar-refractivity contribution in [2.45, 2.75) is 45.6 Å². The standard InChI is InChI=1S/C16H26ClNO2/c1-16(2,3)18-9-7-6-8-12-10-14(19-4)15(20-5)11-13(12)17/h10-11,18H,6-9H2,1-5H3. The van der Waals surface area contributed by atoms with Crippen LogP contribution in [0.5, 0.6) is 11.5 Å². The molecule has 0 aliphatic rings. The third-order valence-corrected chi connectivity index (χ3v) is 3.43. The number of hydrogen-bond acceptors (Lipinski definition) is 3. The molecule has 0 radical (unpaired) electrons. The number of halogens is 1. The number of unbranched alkanes of at least 4 members (excludes halogenated alkanes) is 1. The Bertz CT molecular complexity index is 427. The van der Waals surface area contributed by atoms with E-state index in [0.717, 1.165) is 42.1 Å². The lowest BCUT2D eigenvalue weighted by molar-refractivity contribution is 0.354. The number of nitrogens with one attached hydrogen (secondary N) is 1. The maximum Gasteiger partial charge on any atom is 0.162 e. The Morgan fingerprint density at radius 3 is 2.20 bits per heavy atom. The van der Waals surface area contributed by atoms with E-state index in [1.165, 1.54) is 0 Å². The fourth-order valence-corrected chi connectivity index (χ4v) is 2.24. The molecule has 1 rings (SSSR count). The maximum atomic E-state index is 6.27. The van der Waals surface area contributed by atoms with E-state index in [1.54, 1.807) is 14.2 Å². The molecule has 0 bridgehead atoms. The summed E-state index contributed by atoms with van der Waals surface area (Å²) in [4.78, 5) is 0. The number of aryl methyl sites for hydroxylation is 1. The molecule has 114 valence electrons. The predicted molar refractivity (Wildman–Crippen MR) is 85.2 cm³/mol. The van der Waals surface area contributed by atoms with Crippen LogP contribution in [0.15, 0.2) is 12.1 Å². The molecule has 1 aromatic carbocycles.